The standard InChI is InChI=1S/C22H26ClN3O3S/c1-5-13(3)24-18(27)11-16-12-30-22-25-17(6-2)19(21(28)29-4)20(26(16)22)14-7-9-15(23)10-8-14/h7-10,12-13,20H,5-6,11H2,1-4H3,(H,24,27)/t13-,20+/m1/s1. The van der Waals surface area contributed by atoms with Gasteiger partial charge in [0.15, 0.2) is 5.17 Å². The van der Waals surface area contributed by atoms with Gasteiger partial charge in [-0.2, -0.15) is 0 Å². The van der Waals surface area contributed by atoms with E-state index in [-0.39, 0.29) is 18.4 Å². The van der Waals surface area contributed by atoms with Gasteiger partial charge in [0, 0.05) is 16.8 Å². The fourth-order valence-electron chi connectivity index (χ4n) is 3.47. The van der Waals surface area contributed by atoms with Crippen molar-refractivity contribution in [1.29, 1.82) is 0 Å². The first-order chi connectivity index (χ1) is 14.4. The maximum Gasteiger partial charge on any atom is 0.338 e. The number of nitrogens with zero attached hydrogens (tertiary/aromatic N) is 2. The molecule has 1 amide bonds. The second-order valence-electron chi connectivity index (χ2n) is 7.20. The Balaban J connectivity index is 2.02. The quantitative estimate of drug-likeness (QED) is 0.609. The number of rotatable bonds is 7. The van der Waals surface area contributed by atoms with E-state index in [9.17, 15) is 9.59 Å². The highest BCUT2D eigenvalue weighted by Gasteiger charge is 2.41. The summed E-state index contributed by atoms with van der Waals surface area (Å²) in [6.45, 7) is 5.97. The number of fused-ring (bicyclic) bond motifs is 1. The Hall–Kier alpha value is -2.25. The van der Waals surface area contributed by atoms with Gasteiger partial charge in [0.2, 0.25) is 5.91 Å². The molecule has 0 bridgehead atoms. The molecule has 1 aromatic rings. The van der Waals surface area contributed by atoms with Crippen molar-refractivity contribution in [2.24, 2.45) is 4.99 Å². The van der Waals surface area contributed by atoms with Crippen molar-refractivity contribution >= 4 is 40.4 Å². The van der Waals surface area contributed by atoms with Gasteiger partial charge in [-0.25, -0.2) is 9.79 Å². The predicted octanol–water partition coefficient (Wildman–Crippen LogP) is 4.78. The van der Waals surface area contributed by atoms with E-state index >= 15 is 0 Å². The summed E-state index contributed by atoms with van der Waals surface area (Å²) in [6, 6.07) is 7.05. The van der Waals surface area contributed by atoms with Crippen molar-refractivity contribution < 1.29 is 14.3 Å². The summed E-state index contributed by atoms with van der Waals surface area (Å²) in [6.07, 6.45) is 1.66. The number of amidine groups is 1. The van der Waals surface area contributed by atoms with Gasteiger partial charge in [-0.3, -0.25) is 4.79 Å². The monoisotopic (exact) mass is 447 g/mol. The second kappa shape index (κ2) is 9.71. The molecule has 8 heteroatoms. The lowest BCUT2D eigenvalue weighted by Gasteiger charge is -2.36. The van der Waals surface area contributed by atoms with Gasteiger partial charge in [-0.15, -0.1) is 0 Å². The van der Waals surface area contributed by atoms with E-state index in [1.807, 2.05) is 43.2 Å². The van der Waals surface area contributed by atoms with Crippen LogP contribution in [0.4, 0.5) is 0 Å². The van der Waals surface area contributed by atoms with E-state index in [0.29, 0.717) is 22.7 Å². The normalized spacial score (nSPS) is 19.1. The van der Waals surface area contributed by atoms with Gasteiger partial charge < -0.3 is 15.0 Å². The molecule has 0 unspecified atom stereocenters. The summed E-state index contributed by atoms with van der Waals surface area (Å²) in [5.74, 6) is -0.480. The molecule has 0 saturated carbocycles. The molecule has 1 aromatic carbocycles. The van der Waals surface area contributed by atoms with Crippen LogP contribution in [0, 0.1) is 0 Å². The smallest absolute Gasteiger partial charge is 0.338 e. The molecular formula is C22H26ClN3O3S. The maximum atomic E-state index is 12.8. The number of methoxy groups -OCH3 is 1. The molecule has 0 spiro atoms. The predicted molar refractivity (Wildman–Crippen MR) is 121 cm³/mol. The fourth-order valence-corrected chi connectivity index (χ4v) is 4.53. The first-order valence-electron chi connectivity index (χ1n) is 9.99. The maximum absolute atomic E-state index is 12.8. The molecular weight excluding hydrogens is 422 g/mol. The molecule has 0 aliphatic carbocycles. The van der Waals surface area contributed by atoms with Gasteiger partial charge in [0.05, 0.1) is 30.8 Å². The zero-order chi connectivity index (χ0) is 21.8. The number of aliphatic imine (C=N–C) groups is 1. The number of carbonyl (C=O) groups is 2. The number of esters is 1. The number of hydrogen-bond donors (Lipinski definition) is 1. The highest BCUT2D eigenvalue weighted by Crippen LogP contribution is 2.45. The van der Waals surface area contributed by atoms with Crippen LogP contribution in [0.5, 0.6) is 0 Å². The average molecular weight is 448 g/mol. The van der Waals surface area contributed by atoms with Crippen LogP contribution in [0.15, 0.2) is 51.6 Å². The third kappa shape index (κ3) is 4.57. The average Bonchev–Trinajstić information content (AvgIpc) is 3.14. The third-order valence-electron chi connectivity index (χ3n) is 5.18. The summed E-state index contributed by atoms with van der Waals surface area (Å²) in [7, 11) is 1.37. The number of ether oxygens (including phenoxy) is 1. The first-order valence-corrected chi connectivity index (χ1v) is 11.2. The van der Waals surface area contributed by atoms with E-state index in [4.69, 9.17) is 21.3 Å². The lowest BCUT2D eigenvalue weighted by atomic mass is 9.93. The lowest BCUT2D eigenvalue weighted by Crippen LogP contribution is -2.39. The molecule has 2 atom stereocenters. The third-order valence-corrected chi connectivity index (χ3v) is 6.32. The minimum Gasteiger partial charge on any atom is -0.466 e. The molecule has 3 rings (SSSR count). The van der Waals surface area contributed by atoms with E-state index in [1.165, 1.54) is 18.9 Å². The Morgan fingerprint density at radius 1 is 1.30 bits per heavy atom. The van der Waals surface area contributed by atoms with E-state index in [2.05, 4.69) is 5.32 Å². The van der Waals surface area contributed by atoms with Crippen LogP contribution in [0.25, 0.3) is 0 Å². The fraction of sp³-hybridized carbons (Fsp3) is 0.409. The summed E-state index contributed by atoms with van der Waals surface area (Å²) >= 11 is 7.56. The number of hydrogen-bond acceptors (Lipinski definition) is 6. The summed E-state index contributed by atoms with van der Waals surface area (Å²) < 4.78 is 5.10. The van der Waals surface area contributed by atoms with Crippen LogP contribution in [-0.4, -0.2) is 35.1 Å². The van der Waals surface area contributed by atoms with Gasteiger partial charge in [-0.1, -0.05) is 49.3 Å². The number of benzene rings is 1. The van der Waals surface area contributed by atoms with E-state index in [0.717, 1.165) is 22.8 Å². The minimum absolute atomic E-state index is 0.0582. The first kappa shape index (κ1) is 22.4. The largest absolute Gasteiger partial charge is 0.466 e. The van der Waals surface area contributed by atoms with Gasteiger partial charge in [-0.05, 0) is 42.9 Å². The number of carbonyl (C=O) groups excluding carboxylic acids is 2. The molecule has 0 radical (unpaired) electrons. The zero-order valence-corrected chi connectivity index (χ0v) is 19.1. The molecule has 2 aliphatic heterocycles. The van der Waals surface area contributed by atoms with E-state index in [1.54, 1.807) is 12.1 Å². The lowest BCUT2D eigenvalue weighted by molar-refractivity contribution is -0.136. The second-order valence-corrected chi connectivity index (χ2v) is 8.48. The summed E-state index contributed by atoms with van der Waals surface area (Å²) in [4.78, 5) is 32.0. The number of halogens is 1. The topological polar surface area (TPSA) is 71.0 Å². The minimum atomic E-state index is -0.435. The Morgan fingerprint density at radius 3 is 2.60 bits per heavy atom. The van der Waals surface area contributed by atoms with Gasteiger partial charge >= 0.3 is 5.97 Å². The van der Waals surface area contributed by atoms with Crippen LogP contribution in [0.1, 0.15) is 51.6 Å². The summed E-state index contributed by atoms with van der Waals surface area (Å²) in [5, 5.41) is 6.31. The van der Waals surface area contributed by atoms with Crippen molar-refractivity contribution in [2.75, 3.05) is 7.11 Å². The van der Waals surface area contributed by atoms with Gasteiger partial charge in [0.1, 0.15) is 0 Å². The Kier molecular flexibility index (Phi) is 7.26. The summed E-state index contributed by atoms with van der Waals surface area (Å²) in [5.41, 5.74) is 2.87. The highest BCUT2D eigenvalue weighted by atomic mass is 35.5. The molecule has 160 valence electrons. The molecule has 30 heavy (non-hydrogen) atoms. The Morgan fingerprint density at radius 2 is 2.00 bits per heavy atom. The van der Waals surface area contributed by atoms with Crippen LogP contribution in [-0.2, 0) is 14.3 Å². The molecule has 1 N–H and O–H groups in total. The van der Waals surface area contributed by atoms with Gasteiger partial charge in [0.25, 0.3) is 0 Å². The zero-order valence-electron chi connectivity index (χ0n) is 17.6. The number of nitrogens with one attached hydrogen (secondary N) is 1. The van der Waals surface area contributed by atoms with Crippen molar-refractivity contribution in [1.82, 2.24) is 10.2 Å². The molecule has 0 fully saturated rings. The van der Waals surface area contributed by atoms with Crippen molar-refractivity contribution in [3.8, 4) is 0 Å². The Bertz CT molecular complexity index is 924. The SMILES string of the molecule is CCC1=C(C(=O)OC)[C@H](c2ccc(Cl)cc2)N2C(CC(=O)N[C@H](C)CC)=CSC2=N1. The van der Waals surface area contributed by atoms with Crippen LogP contribution >= 0.6 is 23.4 Å². The number of allylic oxidation sites excluding steroid dienone is 1. The van der Waals surface area contributed by atoms with Crippen molar-refractivity contribution in [2.45, 2.75) is 52.1 Å². The Labute approximate surface area is 186 Å². The van der Waals surface area contributed by atoms with Crippen LogP contribution < -0.4 is 5.32 Å². The van der Waals surface area contributed by atoms with Crippen molar-refractivity contribution in [3.05, 3.63) is 57.2 Å². The van der Waals surface area contributed by atoms with Crippen molar-refractivity contribution in [3.63, 3.8) is 0 Å². The van der Waals surface area contributed by atoms with Crippen LogP contribution in [0.3, 0.4) is 0 Å². The molecule has 0 aromatic heterocycles. The van der Waals surface area contributed by atoms with E-state index < -0.39 is 12.0 Å². The van der Waals surface area contributed by atoms with Crippen LogP contribution in [0.2, 0.25) is 5.02 Å². The number of thioether (sulfide) groups is 1. The molecule has 2 aliphatic rings. The molecule has 6 nitrogen and oxygen atoms in total. The highest BCUT2D eigenvalue weighted by molar-refractivity contribution is 8.16. The molecule has 2 heterocycles. The number of amides is 1. The molecule has 0 saturated heterocycles.